The first kappa shape index (κ1) is 14.8. The number of aromatic nitrogens is 4. The summed E-state index contributed by atoms with van der Waals surface area (Å²) in [6.07, 6.45) is 5.05. The highest BCUT2D eigenvalue weighted by molar-refractivity contribution is 5.43. The zero-order valence-corrected chi connectivity index (χ0v) is 12.9. The topological polar surface area (TPSA) is 87.9 Å². The number of aryl methyl sites for hydroxylation is 1. The van der Waals surface area contributed by atoms with Crippen LogP contribution in [0, 0.1) is 12.8 Å². The third-order valence-electron chi connectivity index (χ3n) is 4.04. The Bertz CT molecular complexity index is 615. The standard InChI is InChI=1S/C15H22N6O/c1-10-6-14(20-15(16-2)18-10)19-12-7-11(8-13(12)22)9-21-5-3-4-17-21/h3-6,11-13,22H,7-9H2,1-2H3,(H2,16,18,19,20)/t11?,12-,13-/m1/s1. The Kier molecular flexibility index (Phi) is 4.24. The highest BCUT2D eigenvalue weighted by atomic mass is 16.3. The Hall–Kier alpha value is -2.15. The number of aliphatic hydroxyl groups excluding tert-OH is 1. The van der Waals surface area contributed by atoms with Gasteiger partial charge in [-0.15, -0.1) is 0 Å². The molecule has 0 spiro atoms. The third-order valence-corrected chi connectivity index (χ3v) is 4.04. The first-order chi connectivity index (χ1) is 10.6. The van der Waals surface area contributed by atoms with Crippen LogP contribution >= 0.6 is 0 Å². The monoisotopic (exact) mass is 302 g/mol. The van der Waals surface area contributed by atoms with E-state index >= 15 is 0 Å². The van der Waals surface area contributed by atoms with Crippen molar-refractivity contribution >= 4 is 11.8 Å². The van der Waals surface area contributed by atoms with Crippen molar-refractivity contribution in [3.05, 3.63) is 30.2 Å². The summed E-state index contributed by atoms with van der Waals surface area (Å²) in [5.41, 5.74) is 0.891. The van der Waals surface area contributed by atoms with Gasteiger partial charge >= 0.3 is 0 Å². The molecule has 3 N–H and O–H groups in total. The number of hydrogen-bond acceptors (Lipinski definition) is 6. The predicted octanol–water partition coefficient (Wildman–Crippen LogP) is 1.27. The molecule has 7 nitrogen and oxygen atoms in total. The van der Waals surface area contributed by atoms with Gasteiger partial charge in [0.1, 0.15) is 5.82 Å². The molecule has 0 saturated heterocycles. The molecule has 0 amide bonds. The molecule has 2 heterocycles. The highest BCUT2D eigenvalue weighted by Gasteiger charge is 2.33. The lowest BCUT2D eigenvalue weighted by atomic mass is 10.1. The van der Waals surface area contributed by atoms with Crippen LogP contribution in [0.1, 0.15) is 18.5 Å². The Morgan fingerprint density at radius 3 is 2.95 bits per heavy atom. The number of aliphatic hydroxyl groups is 1. The van der Waals surface area contributed by atoms with E-state index in [1.165, 1.54) is 0 Å². The van der Waals surface area contributed by atoms with Gasteiger partial charge in [0.25, 0.3) is 0 Å². The zero-order chi connectivity index (χ0) is 15.5. The second kappa shape index (κ2) is 6.31. The van der Waals surface area contributed by atoms with Crippen LogP contribution in [0.5, 0.6) is 0 Å². The van der Waals surface area contributed by atoms with Crippen LogP contribution in [0.25, 0.3) is 0 Å². The van der Waals surface area contributed by atoms with Crippen LogP contribution in [-0.2, 0) is 6.54 Å². The molecular weight excluding hydrogens is 280 g/mol. The molecule has 3 rings (SSSR count). The molecular formula is C15H22N6O. The van der Waals surface area contributed by atoms with Crippen molar-refractivity contribution in [2.75, 3.05) is 17.7 Å². The summed E-state index contributed by atoms with van der Waals surface area (Å²) >= 11 is 0. The largest absolute Gasteiger partial charge is 0.391 e. The second-order valence-electron chi connectivity index (χ2n) is 5.85. The lowest BCUT2D eigenvalue weighted by molar-refractivity contribution is 0.166. The highest BCUT2D eigenvalue weighted by Crippen LogP contribution is 2.29. The SMILES string of the molecule is CNc1nc(C)cc(N[C@@H]2CC(Cn3cccn3)C[C@H]2O)n1. The first-order valence-corrected chi connectivity index (χ1v) is 7.59. The van der Waals surface area contributed by atoms with E-state index in [0.29, 0.717) is 11.9 Å². The van der Waals surface area contributed by atoms with E-state index in [1.807, 2.05) is 29.9 Å². The lowest BCUT2D eigenvalue weighted by Crippen LogP contribution is -2.28. The summed E-state index contributed by atoms with van der Waals surface area (Å²) in [5, 5.41) is 20.8. The van der Waals surface area contributed by atoms with Gasteiger partial charge in [0.05, 0.1) is 12.1 Å². The van der Waals surface area contributed by atoms with Gasteiger partial charge in [-0.05, 0) is 31.7 Å². The molecule has 0 bridgehead atoms. The van der Waals surface area contributed by atoms with Crippen LogP contribution in [0.3, 0.4) is 0 Å². The van der Waals surface area contributed by atoms with Crippen molar-refractivity contribution in [1.29, 1.82) is 0 Å². The van der Waals surface area contributed by atoms with Crippen molar-refractivity contribution in [2.24, 2.45) is 5.92 Å². The average molecular weight is 302 g/mol. The lowest BCUT2D eigenvalue weighted by Gasteiger charge is -2.17. The van der Waals surface area contributed by atoms with E-state index in [2.05, 4.69) is 25.7 Å². The first-order valence-electron chi connectivity index (χ1n) is 7.59. The van der Waals surface area contributed by atoms with Gasteiger partial charge in [-0.3, -0.25) is 4.68 Å². The van der Waals surface area contributed by atoms with E-state index in [1.54, 1.807) is 13.2 Å². The number of anilines is 2. The van der Waals surface area contributed by atoms with Gasteiger partial charge in [0, 0.05) is 37.7 Å². The summed E-state index contributed by atoms with van der Waals surface area (Å²) < 4.78 is 1.92. The molecule has 2 aromatic heterocycles. The summed E-state index contributed by atoms with van der Waals surface area (Å²) in [6, 6.07) is 3.83. The molecule has 1 aliphatic carbocycles. The summed E-state index contributed by atoms with van der Waals surface area (Å²) in [5.74, 6) is 1.75. The van der Waals surface area contributed by atoms with E-state index in [9.17, 15) is 5.11 Å². The van der Waals surface area contributed by atoms with Crippen molar-refractivity contribution in [3.63, 3.8) is 0 Å². The maximum absolute atomic E-state index is 10.3. The fourth-order valence-electron chi connectivity index (χ4n) is 3.04. The van der Waals surface area contributed by atoms with Gasteiger partial charge in [-0.1, -0.05) is 0 Å². The van der Waals surface area contributed by atoms with Crippen LogP contribution in [0.4, 0.5) is 11.8 Å². The third kappa shape index (κ3) is 3.36. The minimum atomic E-state index is -0.367. The van der Waals surface area contributed by atoms with Crippen molar-refractivity contribution in [1.82, 2.24) is 19.7 Å². The number of nitrogens with one attached hydrogen (secondary N) is 2. The molecule has 2 aromatic rings. The average Bonchev–Trinajstić information content (AvgIpc) is 3.09. The molecule has 1 saturated carbocycles. The van der Waals surface area contributed by atoms with Crippen LogP contribution in [0.2, 0.25) is 0 Å². The Labute approximate surface area is 129 Å². The minimum absolute atomic E-state index is 0.0135. The molecule has 1 aliphatic rings. The molecule has 0 aromatic carbocycles. The summed E-state index contributed by atoms with van der Waals surface area (Å²) in [6.45, 7) is 2.77. The fourth-order valence-corrected chi connectivity index (χ4v) is 3.04. The van der Waals surface area contributed by atoms with Crippen LogP contribution in [-0.4, -0.2) is 44.0 Å². The maximum atomic E-state index is 10.3. The zero-order valence-electron chi connectivity index (χ0n) is 12.9. The molecule has 1 fully saturated rings. The molecule has 22 heavy (non-hydrogen) atoms. The number of nitrogens with zero attached hydrogens (tertiary/aromatic N) is 4. The molecule has 3 atom stereocenters. The minimum Gasteiger partial charge on any atom is -0.391 e. The van der Waals surface area contributed by atoms with Gasteiger partial charge in [0.15, 0.2) is 0 Å². The van der Waals surface area contributed by atoms with E-state index in [-0.39, 0.29) is 12.1 Å². The Morgan fingerprint density at radius 1 is 1.36 bits per heavy atom. The maximum Gasteiger partial charge on any atom is 0.224 e. The van der Waals surface area contributed by atoms with Crippen molar-refractivity contribution in [2.45, 2.75) is 38.5 Å². The number of hydrogen-bond donors (Lipinski definition) is 3. The van der Waals surface area contributed by atoms with E-state index in [4.69, 9.17) is 0 Å². The normalized spacial score (nSPS) is 24.4. The van der Waals surface area contributed by atoms with Gasteiger partial charge < -0.3 is 15.7 Å². The van der Waals surface area contributed by atoms with Crippen molar-refractivity contribution in [3.8, 4) is 0 Å². The van der Waals surface area contributed by atoms with Gasteiger partial charge in [0.2, 0.25) is 5.95 Å². The Morgan fingerprint density at radius 2 is 2.23 bits per heavy atom. The quantitative estimate of drug-likeness (QED) is 0.771. The second-order valence-corrected chi connectivity index (χ2v) is 5.85. The molecule has 0 aliphatic heterocycles. The van der Waals surface area contributed by atoms with Crippen LogP contribution < -0.4 is 10.6 Å². The Balaban J connectivity index is 1.64. The number of rotatable bonds is 5. The molecule has 0 radical (unpaired) electrons. The smallest absolute Gasteiger partial charge is 0.224 e. The van der Waals surface area contributed by atoms with E-state index in [0.717, 1.165) is 30.9 Å². The molecule has 1 unspecified atom stereocenters. The predicted molar refractivity (Wildman–Crippen MR) is 84.7 cm³/mol. The van der Waals surface area contributed by atoms with E-state index < -0.39 is 0 Å². The fraction of sp³-hybridized carbons (Fsp3) is 0.533. The van der Waals surface area contributed by atoms with Gasteiger partial charge in [-0.2, -0.15) is 10.1 Å². The molecule has 7 heteroatoms. The van der Waals surface area contributed by atoms with Crippen LogP contribution in [0.15, 0.2) is 24.5 Å². The summed E-state index contributed by atoms with van der Waals surface area (Å²) in [4.78, 5) is 8.66. The van der Waals surface area contributed by atoms with Gasteiger partial charge in [-0.25, -0.2) is 4.98 Å². The summed E-state index contributed by atoms with van der Waals surface area (Å²) in [7, 11) is 1.79. The molecule has 118 valence electrons. The van der Waals surface area contributed by atoms with Crippen molar-refractivity contribution < 1.29 is 5.11 Å².